The molecule has 2 aromatic carbocycles. The van der Waals surface area contributed by atoms with Gasteiger partial charge in [0.15, 0.2) is 5.82 Å². The number of ether oxygens (including phenoxy) is 1. The van der Waals surface area contributed by atoms with Crippen molar-refractivity contribution in [2.75, 3.05) is 48.9 Å². The number of morpholine rings is 1. The summed E-state index contributed by atoms with van der Waals surface area (Å²) < 4.78 is 5.51. The normalized spacial score (nSPS) is 13.5. The van der Waals surface area contributed by atoms with Crippen LogP contribution in [-0.4, -0.2) is 64.7 Å². The van der Waals surface area contributed by atoms with Crippen LogP contribution in [0, 0.1) is 12.3 Å². The van der Waals surface area contributed by atoms with E-state index in [-0.39, 0.29) is 0 Å². The largest absolute Gasteiger partial charge is 0.388 e. The van der Waals surface area contributed by atoms with E-state index in [2.05, 4.69) is 30.7 Å². The second kappa shape index (κ2) is 9.90. The molecular formula is C25H27N9O. The molecule has 0 unspecified atom stereocenters. The van der Waals surface area contributed by atoms with Gasteiger partial charge >= 0.3 is 0 Å². The van der Waals surface area contributed by atoms with Crippen LogP contribution in [0.3, 0.4) is 0 Å². The summed E-state index contributed by atoms with van der Waals surface area (Å²) >= 11 is 0. The molecule has 4 N–H and O–H groups in total. The topological polar surface area (TPSA) is 128 Å². The molecule has 10 nitrogen and oxygen atoms in total. The molecule has 1 saturated heterocycles. The molecule has 1 fully saturated rings. The molecule has 178 valence electrons. The fraction of sp³-hybridized carbons (Fsp3) is 0.240. The Labute approximate surface area is 203 Å². The van der Waals surface area contributed by atoms with Crippen LogP contribution in [-0.2, 0) is 4.74 Å². The fourth-order valence-corrected chi connectivity index (χ4v) is 3.93. The van der Waals surface area contributed by atoms with E-state index < -0.39 is 0 Å². The third-order valence-electron chi connectivity index (χ3n) is 5.79. The molecule has 4 aromatic rings. The highest BCUT2D eigenvalue weighted by Gasteiger charge is 2.17. The van der Waals surface area contributed by atoms with Crippen LogP contribution in [0.2, 0.25) is 0 Å². The number of benzene rings is 2. The predicted molar refractivity (Wildman–Crippen MR) is 138 cm³/mol. The molecule has 0 radical (unpaired) electrons. The van der Waals surface area contributed by atoms with E-state index in [1.807, 2.05) is 62.5 Å². The van der Waals surface area contributed by atoms with Crippen molar-refractivity contribution < 1.29 is 4.74 Å². The molecule has 0 amide bonds. The minimum atomic E-state index is 0.649. The quantitative estimate of drug-likeness (QED) is 0.301. The van der Waals surface area contributed by atoms with E-state index in [9.17, 15) is 0 Å². The highest BCUT2D eigenvalue weighted by Crippen LogP contribution is 2.29. The van der Waals surface area contributed by atoms with Crippen molar-refractivity contribution >= 4 is 29.4 Å². The first-order valence-corrected chi connectivity index (χ1v) is 11.4. The number of aromatic nitrogens is 5. The number of anilines is 4. The number of aryl methyl sites for hydroxylation is 1. The van der Waals surface area contributed by atoms with Crippen molar-refractivity contribution in [3.05, 3.63) is 59.9 Å². The van der Waals surface area contributed by atoms with Gasteiger partial charge in [-0.25, -0.2) is 9.97 Å². The number of nitrogens with zero attached hydrogens (tertiary/aromatic N) is 5. The first kappa shape index (κ1) is 22.5. The van der Waals surface area contributed by atoms with E-state index in [0.29, 0.717) is 30.8 Å². The van der Waals surface area contributed by atoms with E-state index in [4.69, 9.17) is 20.1 Å². The molecular weight excluding hydrogens is 442 g/mol. The maximum atomic E-state index is 7.63. The maximum absolute atomic E-state index is 7.63. The van der Waals surface area contributed by atoms with E-state index >= 15 is 0 Å². The number of H-pyrrole nitrogens is 1. The number of hydrogen-bond acceptors (Lipinski definition) is 9. The minimum absolute atomic E-state index is 0.649. The van der Waals surface area contributed by atoms with Gasteiger partial charge in [0, 0.05) is 60.5 Å². The van der Waals surface area contributed by atoms with Crippen LogP contribution in [0.25, 0.3) is 22.6 Å². The second-order valence-corrected chi connectivity index (χ2v) is 8.18. The van der Waals surface area contributed by atoms with Crippen LogP contribution >= 0.6 is 0 Å². The highest BCUT2D eigenvalue weighted by atomic mass is 16.5. The molecule has 0 bridgehead atoms. The average molecular weight is 470 g/mol. The summed E-state index contributed by atoms with van der Waals surface area (Å²) in [7, 11) is 1.85. The summed E-state index contributed by atoms with van der Waals surface area (Å²) in [4.78, 5) is 16.2. The number of rotatable bonds is 7. The van der Waals surface area contributed by atoms with Crippen molar-refractivity contribution in [2.24, 2.45) is 0 Å². The Kier molecular flexibility index (Phi) is 6.36. The summed E-state index contributed by atoms with van der Waals surface area (Å²) in [5, 5.41) is 21.3. The fourth-order valence-electron chi connectivity index (χ4n) is 3.93. The van der Waals surface area contributed by atoms with Gasteiger partial charge in [0.2, 0.25) is 5.95 Å². The molecule has 5 rings (SSSR count). The van der Waals surface area contributed by atoms with Gasteiger partial charge in [-0.15, -0.1) is 0 Å². The molecule has 3 heterocycles. The Bertz CT molecular complexity index is 1330. The van der Waals surface area contributed by atoms with Crippen LogP contribution in [0.1, 0.15) is 11.4 Å². The summed E-state index contributed by atoms with van der Waals surface area (Å²) in [6.07, 6.45) is 1.34. The number of nitrogens with one attached hydrogen (secondary N) is 4. The molecule has 10 heteroatoms. The van der Waals surface area contributed by atoms with Gasteiger partial charge < -0.3 is 25.7 Å². The predicted octanol–water partition coefficient (Wildman–Crippen LogP) is 3.86. The van der Waals surface area contributed by atoms with Crippen molar-refractivity contribution in [3.63, 3.8) is 0 Å². The zero-order chi connectivity index (χ0) is 24.2. The molecule has 0 spiro atoms. The third kappa shape index (κ3) is 4.97. The van der Waals surface area contributed by atoms with Gasteiger partial charge in [-0.3, -0.25) is 5.10 Å². The lowest BCUT2D eigenvalue weighted by atomic mass is 10.1. The Morgan fingerprint density at radius 2 is 1.77 bits per heavy atom. The monoisotopic (exact) mass is 469 g/mol. The van der Waals surface area contributed by atoms with Gasteiger partial charge in [-0.05, 0) is 37.3 Å². The SMILES string of the molecule is CNc1cc(-c2cc(Nc3ccc(-c4n[nH]c(C)n4)cc3)nc(N3CCOCC3)n2)ccc1C=N. The van der Waals surface area contributed by atoms with Crippen molar-refractivity contribution in [1.29, 1.82) is 5.41 Å². The zero-order valence-corrected chi connectivity index (χ0v) is 19.7. The van der Waals surface area contributed by atoms with E-state index in [1.165, 1.54) is 6.21 Å². The van der Waals surface area contributed by atoms with Gasteiger partial charge in [0.1, 0.15) is 11.6 Å². The Hall–Kier alpha value is -4.31. The molecule has 0 aliphatic carbocycles. The number of hydrogen-bond donors (Lipinski definition) is 4. The Morgan fingerprint density at radius 3 is 2.46 bits per heavy atom. The van der Waals surface area contributed by atoms with Crippen molar-refractivity contribution in [3.8, 4) is 22.6 Å². The zero-order valence-electron chi connectivity index (χ0n) is 19.7. The molecule has 0 saturated carbocycles. The first-order chi connectivity index (χ1) is 17.1. The van der Waals surface area contributed by atoms with Crippen LogP contribution in [0.5, 0.6) is 0 Å². The molecule has 1 aliphatic heterocycles. The van der Waals surface area contributed by atoms with Crippen molar-refractivity contribution in [2.45, 2.75) is 6.92 Å². The van der Waals surface area contributed by atoms with Gasteiger partial charge in [-0.1, -0.05) is 12.1 Å². The molecule has 35 heavy (non-hydrogen) atoms. The first-order valence-electron chi connectivity index (χ1n) is 11.4. The lowest BCUT2D eigenvalue weighted by molar-refractivity contribution is 0.122. The average Bonchev–Trinajstić information content (AvgIpc) is 3.35. The van der Waals surface area contributed by atoms with Crippen LogP contribution in [0.15, 0.2) is 48.5 Å². The number of aromatic amines is 1. The summed E-state index contributed by atoms with van der Waals surface area (Å²) in [5.41, 5.74) is 5.26. The van der Waals surface area contributed by atoms with Crippen LogP contribution in [0.4, 0.5) is 23.1 Å². The lowest BCUT2D eigenvalue weighted by Crippen LogP contribution is -2.37. The van der Waals surface area contributed by atoms with E-state index in [1.54, 1.807) is 0 Å². The standard InChI is InChI=1S/C25H27N9O/c1-16-28-24(33-32-16)17-5-7-20(8-6-17)29-23-14-22(18-3-4-19(15-26)21(13-18)27-2)30-25(31-23)34-9-11-35-12-10-34/h3-8,13-15,26-27H,9-12H2,1-2H3,(H,28,32,33)(H,29,30,31). The summed E-state index contributed by atoms with van der Waals surface area (Å²) in [6, 6.07) is 15.8. The van der Waals surface area contributed by atoms with Gasteiger partial charge in [0.05, 0.1) is 18.9 Å². The van der Waals surface area contributed by atoms with Crippen molar-refractivity contribution in [1.82, 2.24) is 25.1 Å². The lowest BCUT2D eigenvalue weighted by Gasteiger charge is -2.27. The van der Waals surface area contributed by atoms with Gasteiger partial charge in [-0.2, -0.15) is 10.1 Å². The summed E-state index contributed by atoms with van der Waals surface area (Å²) in [5.74, 6) is 2.80. The minimum Gasteiger partial charge on any atom is -0.388 e. The molecule has 0 atom stereocenters. The summed E-state index contributed by atoms with van der Waals surface area (Å²) in [6.45, 7) is 4.65. The van der Waals surface area contributed by atoms with Gasteiger partial charge in [0.25, 0.3) is 0 Å². The van der Waals surface area contributed by atoms with Crippen LogP contribution < -0.4 is 15.5 Å². The second-order valence-electron chi connectivity index (χ2n) is 8.18. The molecule has 2 aromatic heterocycles. The Morgan fingerprint density at radius 1 is 1.00 bits per heavy atom. The van der Waals surface area contributed by atoms with E-state index in [0.717, 1.165) is 52.7 Å². The molecule has 1 aliphatic rings. The third-order valence-corrected chi connectivity index (χ3v) is 5.79. The highest BCUT2D eigenvalue weighted by molar-refractivity contribution is 5.88. The Balaban J connectivity index is 1.48. The smallest absolute Gasteiger partial charge is 0.228 e. The maximum Gasteiger partial charge on any atom is 0.228 e.